The summed E-state index contributed by atoms with van der Waals surface area (Å²) in [5, 5.41) is 7.52. The number of carbonyl (C=O) groups excluding carboxylic acids is 1. The number of ether oxygens (including phenoxy) is 5. The summed E-state index contributed by atoms with van der Waals surface area (Å²) in [6, 6.07) is 3.04. The van der Waals surface area contributed by atoms with Gasteiger partial charge in [0.25, 0.3) is 0 Å². The minimum absolute atomic E-state index is 0.205. The number of halogens is 2. The number of nitrogens with zero attached hydrogens (tertiary/aromatic N) is 4. The number of methoxy groups -OCH3 is 4. The zero-order chi connectivity index (χ0) is 30.7. The fourth-order valence-electron chi connectivity index (χ4n) is 5.39. The number of aromatic nitrogens is 3. The Kier molecular flexibility index (Phi) is 9.42. The summed E-state index contributed by atoms with van der Waals surface area (Å²) in [7, 11) is 6.29. The standard InChI is InChI=1S/C29H34Cl2N6O6/c1-6-23(38)34-19-14-43-13-18(19)33-22-10-16-17(12-32-22)35-27(24-25(30)20(39-2)11-21(40-3)26(24)31)36-28(16)37-9-7-8-29(15-37,41-4)42-5/h6,10-12,18-19H,1,7-9,13-15H2,2-5H3,(H,32,33)(H,34,38)/t18-,19+/m1/s1. The minimum atomic E-state index is -0.809. The number of hydrogen-bond acceptors (Lipinski definition) is 11. The number of rotatable bonds is 10. The van der Waals surface area contributed by atoms with Gasteiger partial charge in [0.2, 0.25) is 5.91 Å². The van der Waals surface area contributed by atoms with E-state index in [9.17, 15) is 4.79 Å². The second-order valence-electron chi connectivity index (χ2n) is 10.2. The Morgan fingerprint density at radius 3 is 2.44 bits per heavy atom. The summed E-state index contributed by atoms with van der Waals surface area (Å²) in [4.78, 5) is 28.5. The number of amides is 1. The van der Waals surface area contributed by atoms with Gasteiger partial charge < -0.3 is 39.2 Å². The Morgan fingerprint density at radius 1 is 1.09 bits per heavy atom. The van der Waals surface area contributed by atoms with Crippen LogP contribution in [0.25, 0.3) is 22.3 Å². The normalized spacial score (nSPS) is 19.7. The molecule has 2 N–H and O–H groups in total. The molecule has 0 radical (unpaired) electrons. The smallest absolute Gasteiger partial charge is 0.243 e. The van der Waals surface area contributed by atoms with Crippen LogP contribution in [0.2, 0.25) is 10.0 Å². The van der Waals surface area contributed by atoms with Crippen LogP contribution in [-0.2, 0) is 19.0 Å². The van der Waals surface area contributed by atoms with Gasteiger partial charge in [0.15, 0.2) is 11.6 Å². The highest BCUT2D eigenvalue weighted by Gasteiger charge is 2.37. The Bertz CT molecular complexity index is 1490. The summed E-state index contributed by atoms with van der Waals surface area (Å²) in [5.41, 5.74) is 0.931. The number of fused-ring (bicyclic) bond motifs is 1. The van der Waals surface area contributed by atoms with Crippen molar-refractivity contribution in [1.29, 1.82) is 0 Å². The van der Waals surface area contributed by atoms with Crippen LogP contribution in [0.5, 0.6) is 11.5 Å². The molecule has 43 heavy (non-hydrogen) atoms. The van der Waals surface area contributed by atoms with E-state index in [1.807, 2.05) is 6.07 Å². The second kappa shape index (κ2) is 13.1. The zero-order valence-corrected chi connectivity index (χ0v) is 25.9. The van der Waals surface area contributed by atoms with Crippen LogP contribution in [0, 0.1) is 0 Å². The lowest BCUT2D eigenvalue weighted by Crippen LogP contribution is -2.51. The van der Waals surface area contributed by atoms with Crippen LogP contribution >= 0.6 is 23.2 Å². The molecule has 4 heterocycles. The summed E-state index contributed by atoms with van der Waals surface area (Å²) in [6.45, 7) is 5.42. The van der Waals surface area contributed by atoms with Gasteiger partial charge in [-0.3, -0.25) is 4.79 Å². The molecule has 2 saturated heterocycles. The lowest BCUT2D eigenvalue weighted by atomic mass is 10.0. The van der Waals surface area contributed by atoms with Crippen molar-refractivity contribution in [1.82, 2.24) is 20.3 Å². The Hall–Kier alpha value is -3.42. The Balaban J connectivity index is 1.63. The average molecular weight is 634 g/mol. The molecule has 2 fully saturated rings. The number of carbonyl (C=O) groups is 1. The third-order valence-electron chi connectivity index (χ3n) is 7.75. The third-order valence-corrected chi connectivity index (χ3v) is 8.50. The maximum absolute atomic E-state index is 11.9. The van der Waals surface area contributed by atoms with Gasteiger partial charge in [0.1, 0.15) is 23.1 Å². The zero-order valence-electron chi connectivity index (χ0n) is 24.4. The number of anilines is 2. The molecule has 0 spiro atoms. The molecule has 3 aromatic rings. The second-order valence-corrected chi connectivity index (χ2v) is 10.9. The maximum atomic E-state index is 11.9. The van der Waals surface area contributed by atoms with Gasteiger partial charge in [-0.2, -0.15) is 0 Å². The van der Waals surface area contributed by atoms with Crippen molar-refractivity contribution in [2.24, 2.45) is 0 Å². The molecular formula is C29H34Cl2N6O6. The maximum Gasteiger partial charge on any atom is 0.243 e. The summed E-state index contributed by atoms with van der Waals surface area (Å²) >= 11 is 13.5. The Labute approximate surface area is 259 Å². The molecule has 0 aliphatic carbocycles. The third kappa shape index (κ3) is 6.16. The molecule has 1 aromatic carbocycles. The molecule has 2 atom stereocenters. The van der Waals surface area contributed by atoms with Crippen molar-refractivity contribution >= 4 is 51.6 Å². The van der Waals surface area contributed by atoms with Gasteiger partial charge >= 0.3 is 0 Å². The SMILES string of the molecule is C=CC(=O)N[C@H]1COC[C@H]1Nc1cc2c(N3CCCC(OC)(OC)C3)nc(-c3c(Cl)c(OC)cc(OC)c3Cl)nc2cn1. The van der Waals surface area contributed by atoms with Gasteiger partial charge in [-0.05, 0) is 18.6 Å². The van der Waals surface area contributed by atoms with Crippen LogP contribution in [0.3, 0.4) is 0 Å². The number of nitrogens with one attached hydrogen (secondary N) is 2. The van der Waals surface area contributed by atoms with E-state index in [0.717, 1.165) is 18.2 Å². The van der Waals surface area contributed by atoms with Crippen molar-refractivity contribution < 1.29 is 28.5 Å². The molecule has 0 unspecified atom stereocenters. The van der Waals surface area contributed by atoms with Crippen molar-refractivity contribution in [3.63, 3.8) is 0 Å². The first kappa shape index (κ1) is 31.0. The van der Waals surface area contributed by atoms with Gasteiger partial charge in [0, 0.05) is 38.6 Å². The molecule has 0 bridgehead atoms. The largest absolute Gasteiger partial charge is 0.495 e. The molecule has 2 aliphatic rings. The average Bonchev–Trinajstić information content (AvgIpc) is 3.46. The number of benzene rings is 1. The highest BCUT2D eigenvalue weighted by Crippen LogP contribution is 2.46. The number of hydrogen-bond donors (Lipinski definition) is 2. The highest BCUT2D eigenvalue weighted by atomic mass is 35.5. The molecule has 12 nitrogen and oxygen atoms in total. The first-order valence-corrected chi connectivity index (χ1v) is 14.4. The van der Waals surface area contributed by atoms with Crippen molar-refractivity contribution in [2.75, 3.05) is 65.0 Å². The van der Waals surface area contributed by atoms with E-state index in [2.05, 4.69) is 27.1 Å². The van der Waals surface area contributed by atoms with Gasteiger partial charge in [0.05, 0.1) is 73.4 Å². The number of pyridine rings is 1. The lowest BCUT2D eigenvalue weighted by Gasteiger charge is -2.41. The van der Waals surface area contributed by atoms with E-state index < -0.39 is 5.79 Å². The van der Waals surface area contributed by atoms with E-state index in [1.54, 1.807) is 26.5 Å². The molecule has 1 amide bonds. The predicted molar refractivity (Wildman–Crippen MR) is 164 cm³/mol. The van der Waals surface area contributed by atoms with Crippen molar-refractivity contribution in [3.8, 4) is 22.9 Å². The van der Waals surface area contributed by atoms with E-state index in [1.165, 1.54) is 20.3 Å². The Morgan fingerprint density at radius 2 is 1.79 bits per heavy atom. The quantitative estimate of drug-likeness (QED) is 0.248. The van der Waals surface area contributed by atoms with E-state index in [0.29, 0.717) is 60.5 Å². The van der Waals surface area contributed by atoms with Crippen LogP contribution in [0.4, 0.5) is 11.6 Å². The molecule has 0 saturated carbocycles. The molecule has 2 aromatic heterocycles. The van der Waals surface area contributed by atoms with Crippen molar-refractivity contribution in [2.45, 2.75) is 30.7 Å². The molecule has 2 aliphatic heterocycles. The summed E-state index contributed by atoms with van der Waals surface area (Å²) in [6.07, 6.45) is 4.42. The number of piperidine rings is 1. The van der Waals surface area contributed by atoms with E-state index >= 15 is 0 Å². The first-order chi connectivity index (χ1) is 20.8. The molecule has 5 rings (SSSR count). The van der Waals surface area contributed by atoms with Gasteiger partial charge in [-0.1, -0.05) is 29.8 Å². The monoisotopic (exact) mass is 632 g/mol. The molecular weight excluding hydrogens is 599 g/mol. The van der Waals surface area contributed by atoms with Crippen LogP contribution in [0.15, 0.2) is 31.0 Å². The minimum Gasteiger partial charge on any atom is -0.495 e. The van der Waals surface area contributed by atoms with Crippen LogP contribution < -0.4 is 25.0 Å². The first-order valence-electron chi connectivity index (χ1n) is 13.7. The molecule has 14 heteroatoms. The van der Waals surface area contributed by atoms with E-state index in [-0.39, 0.29) is 33.9 Å². The van der Waals surface area contributed by atoms with Crippen LogP contribution in [-0.4, -0.2) is 93.5 Å². The highest BCUT2D eigenvalue weighted by molar-refractivity contribution is 6.41. The van der Waals surface area contributed by atoms with Crippen LogP contribution in [0.1, 0.15) is 12.8 Å². The van der Waals surface area contributed by atoms with E-state index in [4.69, 9.17) is 56.9 Å². The topological polar surface area (TPSA) is 129 Å². The summed E-state index contributed by atoms with van der Waals surface area (Å²) < 4.78 is 28.2. The lowest BCUT2D eigenvalue weighted by molar-refractivity contribution is -0.209. The van der Waals surface area contributed by atoms with Crippen molar-refractivity contribution in [3.05, 3.63) is 41.0 Å². The fourth-order valence-corrected chi connectivity index (χ4v) is 6.06. The fraction of sp³-hybridized carbons (Fsp3) is 0.448. The molecule has 230 valence electrons. The van der Waals surface area contributed by atoms with Gasteiger partial charge in [-0.25, -0.2) is 15.0 Å². The van der Waals surface area contributed by atoms with Gasteiger partial charge in [-0.15, -0.1) is 0 Å². The predicted octanol–water partition coefficient (Wildman–Crippen LogP) is 4.09. The summed E-state index contributed by atoms with van der Waals surface area (Å²) in [5.74, 6) is 1.13.